The summed E-state index contributed by atoms with van der Waals surface area (Å²) in [6.45, 7) is 7.59. The summed E-state index contributed by atoms with van der Waals surface area (Å²) in [5.74, 6) is 0.983. The summed E-state index contributed by atoms with van der Waals surface area (Å²) in [6.07, 6.45) is 0. The Labute approximate surface area is 121 Å². The number of aromatic nitrogens is 3. The molecule has 3 aromatic rings. The van der Waals surface area contributed by atoms with Crippen molar-refractivity contribution in [1.82, 2.24) is 14.8 Å². The highest BCUT2D eigenvalue weighted by atomic mass is 32.1. The first-order chi connectivity index (χ1) is 9.65. The molecule has 0 aliphatic rings. The fraction of sp³-hybridized carbons (Fsp3) is 0.429. The second-order valence-corrected chi connectivity index (χ2v) is 5.87. The number of hydrogen-bond donors (Lipinski definition) is 2. The van der Waals surface area contributed by atoms with Crippen LogP contribution in [-0.4, -0.2) is 33.0 Å². The van der Waals surface area contributed by atoms with Gasteiger partial charge in [0.15, 0.2) is 0 Å². The van der Waals surface area contributed by atoms with Crippen LogP contribution in [0.4, 0.5) is 5.82 Å². The Morgan fingerprint density at radius 3 is 2.90 bits per heavy atom. The highest BCUT2D eigenvalue weighted by molar-refractivity contribution is 7.26. The summed E-state index contributed by atoms with van der Waals surface area (Å²) < 4.78 is 2.97. The van der Waals surface area contributed by atoms with E-state index < -0.39 is 0 Å². The lowest BCUT2D eigenvalue weighted by atomic mass is 10.2. The minimum atomic E-state index is 0.0849. The standard InChI is InChI=1S/C14H18N4OS/c1-4-15-13-12-11(17-18(13)5-6-19)10-8(2)7-9(3)16-14(10)20-12/h7,15,19H,4-6H2,1-3H3. The van der Waals surface area contributed by atoms with Gasteiger partial charge in [0.25, 0.3) is 0 Å². The van der Waals surface area contributed by atoms with Gasteiger partial charge >= 0.3 is 0 Å². The molecule has 0 saturated heterocycles. The van der Waals surface area contributed by atoms with E-state index in [1.807, 2.05) is 11.6 Å². The molecular formula is C14H18N4OS. The Morgan fingerprint density at radius 1 is 1.40 bits per heavy atom. The number of nitrogens with one attached hydrogen (secondary N) is 1. The summed E-state index contributed by atoms with van der Waals surface area (Å²) in [6, 6.07) is 2.09. The number of aliphatic hydroxyl groups excluding tert-OH is 1. The number of hydrogen-bond acceptors (Lipinski definition) is 5. The molecule has 0 unspecified atom stereocenters. The third-order valence-electron chi connectivity index (χ3n) is 3.31. The van der Waals surface area contributed by atoms with Crippen molar-refractivity contribution in [2.75, 3.05) is 18.5 Å². The molecule has 20 heavy (non-hydrogen) atoms. The van der Waals surface area contributed by atoms with Gasteiger partial charge in [-0.15, -0.1) is 11.3 Å². The molecule has 0 atom stereocenters. The third kappa shape index (κ3) is 1.96. The molecule has 106 valence electrons. The molecule has 0 aliphatic carbocycles. The van der Waals surface area contributed by atoms with Crippen molar-refractivity contribution in [3.8, 4) is 0 Å². The highest BCUT2D eigenvalue weighted by Crippen LogP contribution is 2.38. The number of rotatable bonds is 4. The molecule has 3 rings (SSSR count). The first-order valence-electron chi connectivity index (χ1n) is 6.77. The van der Waals surface area contributed by atoms with E-state index in [2.05, 4.69) is 35.3 Å². The van der Waals surface area contributed by atoms with Gasteiger partial charge in [0.2, 0.25) is 0 Å². The van der Waals surface area contributed by atoms with Gasteiger partial charge in [-0.25, -0.2) is 9.67 Å². The van der Waals surface area contributed by atoms with Crippen molar-refractivity contribution in [3.05, 3.63) is 17.3 Å². The average molecular weight is 290 g/mol. The van der Waals surface area contributed by atoms with Crippen LogP contribution in [0.3, 0.4) is 0 Å². The molecule has 0 aliphatic heterocycles. The number of anilines is 1. The summed E-state index contributed by atoms with van der Waals surface area (Å²) in [5, 5.41) is 18.3. The van der Waals surface area contributed by atoms with E-state index in [-0.39, 0.29) is 6.61 Å². The van der Waals surface area contributed by atoms with Crippen LogP contribution >= 0.6 is 11.3 Å². The molecule has 0 saturated carbocycles. The van der Waals surface area contributed by atoms with Crippen LogP contribution in [0.25, 0.3) is 20.4 Å². The van der Waals surface area contributed by atoms with Gasteiger partial charge in [-0.1, -0.05) is 0 Å². The summed E-state index contributed by atoms with van der Waals surface area (Å²) in [4.78, 5) is 5.65. The van der Waals surface area contributed by atoms with Gasteiger partial charge < -0.3 is 10.4 Å². The zero-order valence-corrected chi connectivity index (χ0v) is 12.7. The van der Waals surface area contributed by atoms with E-state index in [1.165, 1.54) is 5.56 Å². The van der Waals surface area contributed by atoms with E-state index in [9.17, 15) is 5.11 Å². The average Bonchev–Trinajstić information content (AvgIpc) is 2.87. The van der Waals surface area contributed by atoms with Gasteiger partial charge in [-0.05, 0) is 32.4 Å². The van der Waals surface area contributed by atoms with Gasteiger partial charge in [0.05, 0.1) is 17.9 Å². The van der Waals surface area contributed by atoms with Crippen molar-refractivity contribution in [1.29, 1.82) is 0 Å². The van der Waals surface area contributed by atoms with Crippen molar-refractivity contribution in [3.63, 3.8) is 0 Å². The highest BCUT2D eigenvalue weighted by Gasteiger charge is 2.18. The molecule has 2 N–H and O–H groups in total. The molecule has 0 aromatic carbocycles. The minimum Gasteiger partial charge on any atom is -0.394 e. The Balaban J connectivity index is 2.33. The predicted molar refractivity (Wildman–Crippen MR) is 83.6 cm³/mol. The van der Waals surface area contributed by atoms with Gasteiger partial charge in [-0.2, -0.15) is 5.10 Å². The Morgan fingerprint density at radius 2 is 2.20 bits per heavy atom. The molecule has 6 heteroatoms. The summed E-state index contributed by atoms with van der Waals surface area (Å²) in [5.41, 5.74) is 3.22. The van der Waals surface area contributed by atoms with Crippen molar-refractivity contribution < 1.29 is 5.11 Å². The largest absolute Gasteiger partial charge is 0.394 e. The lowest BCUT2D eigenvalue weighted by molar-refractivity contribution is 0.271. The van der Waals surface area contributed by atoms with Crippen LogP contribution < -0.4 is 5.32 Å². The molecule has 3 heterocycles. The number of pyridine rings is 1. The Hall–Kier alpha value is -1.66. The van der Waals surface area contributed by atoms with Crippen LogP contribution in [0, 0.1) is 13.8 Å². The van der Waals surface area contributed by atoms with Crippen LogP contribution in [0.1, 0.15) is 18.2 Å². The van der Waals surface area contributed by atoms with Crippen LogP contribution in [0.15, 0.2) is 6.07 Å². The molecule has 0 fully saturated rings. The zero-order chi connectivity index (χ0) is 14.3. The lowest BCUT2D eigenvalue weighted by Crippen LogP contribution is -2.09. The smallest absolute Gasteiger partial charge is 0.142 e. The van der Waals surface area contributed by atoms with Gasteiger partial charge in [0, 0.05) is 17.6 Å². The Bertz CT molecular complexity index is 775. The molecule has 5 nitrogen and oxygen atoms in total. The zero-order valence-electron chi connectivity index (χ0n) is 11.9. The maximum atomic E-state index is 9.18. The first kappa shape index (κ1) is 13.3. The first-order valence-corrected chi connectivity index (χ1v) is 7.59. The van der Waals surface area contributed by atoms with Crippen molar-refractivity contribution >= 4 is 37.6 Å². The monoisotopic (exact) mass is 290 g/mol. The van der Waals surface area contributed by atoms with Crippen LogP contribution in [-0.2, 0) is 6.54 Å². The van der Waals surface area contributed by atoms with Crippen molar-refractivity contribution in [2.45, 2.75) is 27.3 Å². The normalized spacial score (nSPS) is 11.6. The van der Waals surface area contributed by atoms with E-state index in [1.54, 1.807) is 11.3 Å². The quantitative estimate of drug-likeness (QED) is 0.775. The number of fused-ring (bicyclic) bond motifs is 3. The lowest BCUT2D eigenvalue weighted by Gasteiger charge is -2.06. The van der Waals surface area contributed by atoms with Gasteiger partial charge in [-0.3, -0.25) is 0 Å². The molecular weight excluding hydrogens is 272 g/mol. The van der Waals surface area contributed by atoms with Crippen LogP contribution in [0.2, 0.25) is 0 Å². The van der Waals surface area contributed by atoms with E-state index in [4.69, 9.17) is 0 Å². The second-order valence-electron chi connectivity index (χ2n) is 4.87. The topological polar surface area (TPSA) is 63.0 Å². The van der Waals surface area contributed by atoms with E-state index >= 15 is 0 Å². The molecule has 0 amide bonds. The second kappa shape index (κ2) is 5.03. The van der Waals surface area contributed by atoms with Crippen LogP contribution in [0.5, 0.6) is 0 Å². The predicted octanol–water partition coefficient (Wildman–Crippen LogP) is 2.69. The fourth-order valence-corrected chi connectivity index (χ4v) is 3.82. The maximum absolute atomic E-state index is 9.18. The van der Waals surface area contributed by atoms with Crippen molar-refractivity contribution in [2.24, 2.45) is 0 Å². The maximum Gasteiger partial charge on any atom is 0.142 e. The molecule has 3 aromatic heterocycles. The summed E-state index contributed by atoms with van der Waals surface area (Å²) >= 11 is 1.66. The number of thiophene rings is 1. The molecule has 0 radical (unpaired) electrons. The number of aliphatic hydroxyl groups is 1. The number of aryl methyl sites for hydroxylation is 2. The minimum absolute atomic E-state index is 0.0849. The third-order valence-corrected chi connectivity index (χ3v) is 4.39. The summed E-state index contributed by atoms with van der Waals surface area (Å²) in [7, 11) is 0. The molecule has 0 bridgehead atoms. The van der Waals surface area contributed by atoms with E-state index in [0.29, 0.717) is 6.54 Å². The van der Waals surface area contributed by atoms with E-state index in [0.717, 1.165) is 38.5 Å². The SMILES string of the molecule is CCNc1c2sc3nc(C)cc(C)c3c2nn1CCO. The van der Waals surface area contributed by atoms with Gasteiger partial charge in [0.1, 0.15) is 16.2 Å². The fourth-order valence-electron chi connectivity index (χ4n) is 2.56. The Kier molecular flexibility index (Phi) is 3.35. The number of nitrogens with zero attached hydrogens (tertiary/aromatic N) is 3. The molecule has 0 spiro atoms.